The van der Waals surface area contributed by atoms with Gasteiger partial charge in [-0.1, -0.05) is 25.0 Å². The summed E-state index contributed by atoms with van der Waals surface area (Å²) in [5, 5.41) is 38.1. The van der Waals surface area contributed by atoms with Gasteiger partial charge in [0, 0.05) is 49.3 Å². The van der Waals surface area contributed by atoms with Gasteiger partial charge in [0.2, 0.25) is 11.8 Å². The molecule has 3 amide bonds. The van der Waals surface area contributed by atoms with Gasteiger partial charge in [0.05, 0.1) is 22.7 Å². The van der Waals surface area contributed by atoms with Gasteiger partial charge in [-0.2, -0.15) is 0 Å². The molecule has 0 saturated carbocycles. The van der Waals surface area contributed by atoms with Crippen LogP contribution in [0.4, 0.5) is 10.5 Å². The third-order valence-corrected chi connectivity index (χ3v) is 8.47. The number of nitro groups is 1. The predicted octanol–water partition coefficient (Wildman–Crippen LogP) is 2.83. The fourth-order valence-corrected chi connectivity index (χ4v) is 5.83. The van der Waals surface area contributed by atoms with Crippen molar-refractivity contribution in [3.05, 3.63) is 69.8 Å². The first-order chi connectivity index (χ1) is 21.7. The van der Waals surface area contributed by atoms with Gasteiger partial charge in [-0.15, -0.1) is 5.92 Å². The first kappa shape index (κ1) is 34.4. The number of carbonyl (C=O) groups is 3. The number of likely N-dealkylation sites (tertiary alicyclic amines) is 1. The molecule has 0 bridgehead atoms. The highest BCUT2D eigenvalue weighted by Crippen LogP contribution is 2.36. The third-order valence-electron chi connectivity index (χ3n) is 8.47. The Morgan fingerprint density at radius 2 is 1.74 bits per heavy atom. The van der Waals surface area contributed by atoms with Crippen LogP contribution in [0.3, 0.4) is 0 Å². The van der Waals surface area contributed by atoms with Gasteiger partial charge in [0.1, 0.15) is 17.8 Å². The second-order valence-corrected chi connectivity index (χ2v) is 12.5. The molecule has 13 nitrogen and oxygen atoms in total. The summed E-state index contributed by atoms with van der Waals surface area (Å²) in [6.07, 6.45) is -1.15. The lowest BCUT2D eigenvalue weighted by Gasteiger charge is -2.42. The highest BCUT2D eigenvalue weighted by atomic mass is 16.6. The maximum Gasteiger partial charge on any atom is 0.413 e. The van der Waals surface area contributed by atoms with Gasteiger partial charge in [-0.3, -0.25) is 19.7 Å². The van der Waals surface area contributed by atoms with Crippen LogP contribution in [0.5, 0.6) is 5.75 Å². The molecule has 4 rings (SSSR count). The monoisotopic (exact) mass is 636 g/mol. The van der Waals surface area contributed by atoms with Crippen LogP contribution in [0.2, 0.25) is 0 Å². The van der Waals surface area contributed by atoms with E-state index in [4.69, 9.17) is 9.47 Å². The van der Waals surface area contributed by atoms with Crippen molar-refractivity contribution in [1.29, 1.82) is 0 Å². The number of nitro benzene ring substituents is 1. The molecule has 2 aromatic carbocycles. The molecule has 2 aliphatic heterocycles. The van der Waals surface area contributed by atoms with Crippen molar-refractivity contribution in [3.8, 4) is 17.6 Å². The van der Waals surface area contributed by atoms with Crippen LogP contribution >= 0.6 is 0 Å². The second kappa shape index (κ2) is 14.3. The van der Waals surface area contributed by atoms with Crippen molar-refractivity contribution in [2.75, 3.05) is 19.8 Å². The number of nitrogens with zero attached hydrogens (tertiary/aromatic N) is 2. The number of hydrogen-bond acceptors (Lipinski definition) is 9. The average Bonchev–Trinajstić information content (AvgIpc) is 3.40. The summed E-state index contributed by atoms with van der Waals surface area (Å²) in [6, 6.07) is 8.92. The Labute approximate surface area is 267 Å². The molecular weight excluding hydrogens is 596 g/mol. The number of non-ortho nitro benzene ring substituents is 1. The van der Waals surface area contributed by atoms with Crippen LogP contribution < -0.4 is 15.4 Å². The van der Waals surface area contributed by atoms with Gasteiger partial charge in [-0.25, -0.2) is 4.79 Å². The van der Waals surface area contributed by atoms with E-state index >= 15 is 0 Å². The number of ether oxygens (including phenoxy) is 2. The van der Waals surface area contributed by atoms with Crippen LogP contribution in [-0.2, 0) is 14.3 Å². The SMILES string of the molecule is CC#Cc1ccc([C@@H](NC(=O)[C@@H]2C[C@@H](O)CN2C(=O)[C@@H](NC(=O)Oc2ccc([N+](=O)[O-])cc2)C2(C)CCOCC2)C(C)(C)O)cc1. The first-order valence-corrected chi connectivity index (χ1v) is 15.1. The van der Waals surface area contributed by atoms with Crippen LogP contribution in [0, 0.1) is 27.4 Å². The Morgan fingerprint density at radius 1 is 1.11 bits per heavy atom. The lowest BCUT2D eigenvalue weighted by atomic mass is 9.75. The minimum absolute atomic E-state index is 0.0349. The van der Waals surface area contributed by atoms with Crippen molar-refractivity contribution in [2.24, 2.45) is 5.41 Å². The average molecular weight is 637 g/mol. The van der Waals surface area contributed by atoms with E-state index in [1.54, 1.807) is 45.0 Å². The van der Waals surface area contributed by atoms with Crippen LogP contribution in [0.1, 0.15) is 64.1 Å². The molecule has 2 aliphatic rings. The van der Waals surface area contributed by atoms with E-state index in [0.29, 0.717) is 31.6 Å². The smallest absolute Gasteiger partial charge is 0.410 e. The lowest BCUT2D eigenvalue weighted by Crippen LogP contribution is -2.60. The molecule has 2 heterocycles. The number of rotatable bonds is 9. The van der Waals surface area contributed by atoms with E-state index in [-0.39, 0.29) is 24.4 Å². The van der Waals surface area contributed by atoms with Crippen LogP contribution in [0.15, 0.2) is 48.5 Å². The number of benzene rings is 2. The molecular formula is C33H40N4O9. The Morgan fingerprint density at radius 3 is 2.30 bits per heavy atom. The van der Waals surface area contributed by atoms with Crippen molar-refractivity contribution >= 4 is 23.6 Å². The summed E-state index contributed by atoms with van der Waals surface area (Å²) in [7, 11) is 0. The zero-order valence-electron chi connectivity index (χ0n) is 26.3. The predicted molar refractivity (Wildman–Crippen MR) is 167 cm³/mol. The van der Waals surface area contributed by atoms with Gasteiger partial charge >= 0.3 is 6.09 Å². The Balaban J connectivity index is 1.57. The minimum atomic E-state index is -1.39. The van der Waals surface area contributed by atoms with Gasteiger partial charge < -0.3 is 35.2 Å². The zero-order chi connectivity index (χ0) is 33.6. The summed E-state index contributed by atoms with van der Waals surface area (Å²) < 4.78 is 10.9. The van der Waals surface area contributed by atoms with Crippen molar-refractivity contribution in [1.82, 2.24) is 15.5 Å². The highest BCUT2D eigenvalue weighted by Gasteiger charge is 2.48. The molecule has 0 aromatic heterocycles. The molecule has 246 valence electrons. The number of carbonyl (C=O) groups excluding carboxylic acids is 3. The highest BCUT2D eigenvalue weighted by molar-refractivity contribution is 5.93. The maximum atomic E-state index is 14.3. The number of aliphatic hydroxyl groups is 2. The van der Waals surface area contributed by atoms with Crippen molar-refractivity contribution in [3.63, 3.8) is 0 Å². The number of β-amino-alcohol motifs (C(OH)–C–C–N with tert-alkyl or cyclic N) is 1. The van der Waals surface area contributed by atoms with E-state index in [2.05, 4.69) is 22.5 Å². The number of aliphatic hydroxyl groups excluding tert-OH is 1. The molecule has 13 heteroatoms. The molecule has 0 aliphatic carbocycles. The molecule has 46 heavy (non-hydrogen) atoms. The van der Waals surface area contributed by atoms with E-state index in [1.165, 1.54) is 29.2 Å². The summed E-state index contributed by atoms with van der Waals surface area (Å²) in [5.41, 5.74) is -0.947. The molecule has 2 aromatic rings. The van der Waals surface area contributed by atoms with Crippen molar-refractivity contribution < 1.29 is 39.0 Å². The van der Waals surface area contributed by atoms with E-state index in [0.717, 1.165) is 5.56 Å². The zero-order valence-corrected chi connectivity index (χ0v) is 26.3. The molecule has 0 spiro atoms. The van der Waals surface area contributed by atoms with Gasteiger partial charge in [0.25, 0.3) is 5.69 Å². The molecule has 4 atom stereocenters. The molecule has 0 radical (unpaired) electrons. The summed E-state index contributed by atoms with van der Waals surface area (Å²) in [6.45, 7) is 7.24. The normalized spacial score (nSPS) is 20.4. The largest absolute Gasteiger partial charge is 0.413 e. The number of hydrogen-bond donors (Lipinski definition) is 4. The summed E-state index contributed by atoms with van der Waals surface area (Å²) in [5.74, 6) is 4.66. The Kier molecular flexibility index (Phi) is 10.7. The minimum Gasteiger partial charge on any atom is -0.410 e. The van der Waals surface area contributed by atoms with E-state index < -0.39 is 58.1 Å². The molecule has 2 fully saturated rings. The standard InChI is InChI=1S/C33H40N4O9/c1-5-6-21-7-9-22(10-8-21)27(32(2,3)42)34-29(39)26-19-24(38)20-36(26)30(40)28(33(4)15-17-45-18-16-33)35-31(41)46-25-13-11-23(12-14-25)37(43)44/h7-14,24,26-28,38,42H,15-20H2,1-4H3,(H,34,39)(H,35,41)/t24-,26+,27-,28-/m1/s1. The van der Waals surface area contributed by atoms with Crippen LogP contribution in [0.25, 0.3) is 0 Å². The Hall–Kier alpha value is -4.51. The maximum absolute atomic E-state index is 14.3. The van der Waals surface area contributed by atoms with E-state index in [1.807, 2.05) is 6.92 Å². The van der Waals surface area contributed by atoms with Crippen LogP contribution in [-0.4, -0.2) is 81.5 Å². The second-order valence-electron chi connectivity index (χ2n) is 12.5. The summed E-state index contributed by atoms with van der Waals surface area (Å²) >= 11 is 0. The molecule has 2 saturated heterocycles. The van der Waals surface area contributed by atoms with E-state index in [9.17, 15) is 34.7 Å². The fraction of sp³-hybridized carbons (Fsp3) is 0.485. The third kappa shape index (κ3) is 8.20. The number of nitrogens with one attached hydrogen (secondary N) is 2. The number of amides is 3. The van der Waals surface area contributed by atoms with Gasteiger partial charge in [0.15, 0.2) is 0 Å². The molecule has 4 N–H and O–H groups in total. The van der Waals surface area contributed by atoms with Gasteiger partial charge in [-0.05, 0) is 63.4 Å². The lowest BCUT2D eigenvalue weighted by molar-refractivity contribution is -0.384. The quantitative estimate of drug-likeness (QED) is 0.183. The Bertz CT molecular complexity index is 1490. The molecule has 0 unspecified atom stereocenters. The first-order valence-electron chi connectivity index (χ1n) is 15.1. The van der Waals surface area contributed by atoms with Crippen molar-refractivity contribution in [2.45, 2.75) is 76.8 Å². The fourth-order valence-electron chi connectivity index (χ4n) is 5.83. The topological polar surface area (TPSA) is 181 Å². The summed E-state index contributed by atoms with van der Waals surface area (Å²) in [4.78, 5) is 52.8.